The summed E-state index contributed by atoms with van der Waals surface area (Å²) in [6.07, 6.45) is 3.99. The Morgan fingerprint density at radius 1 is 1.22 bits per heavy atom. The second kappa shape index (κ2) is 6.39. The van der Waals surface area contributed by atoms with Crippen molar-refractivity contribution in [2.75, 3.05) is 35.5 Å². The van der Waals surface area contributed by atoms with Crippen molar-refractivity contribution in [1.82, 2.24) is 15.5 Å². The molecule has 2 aromatic rings. The topological polar surface area (TPSA) is 74.3 Å². The number of benzene rings is 1. The summed E-state index contributed by atoms with van der Waals surface area (Å²) in [6.45, 7) is 2.59. The first kappa shape index (κ1) is 14.2. The van der Waals surface area contributed by atoms with Gasteiger partial charge in [0.2, 0.25) is 5.95 Å². The van der Waals surface area contributed by atoms with Crippen LogP contribution in [0.1, 0.15) is 12.8 Å². The number of ether oxygens (including phenoxy) is 1. The predicted molar refractivity (Wildman–Crippen MR) is 89.4 cm³/mol. The molecule has 0 saturated carbocycles. The molecule has 3 N–H and O–H groups in total. The summed E-state index contributed by atoms with van der Waals surface area (Å²) in [4.78, 5) is 9.02. The summed E-state index contributed by atoms with van der Waals surface area (Å²) in [5.74, 6) is 2.10. The number of anilines is 4. The van der Waals surface area contributed by atoms with Gasteiger partial charge in [0.25, 0.3) is 0 Å². The molecule has 2 aliphatic rings. The Morgan fingerprint density at radius 2 is 2.04 bits per heavy atom. The number of hydrogen-bond acceptors (Lipinski definition) is 7. The van der Waals surface area contributed by atoms with E-state index in [-0.39, 0.29) is 0 Å². The molecule has 4 rings (SSSR count). The minimum atomic E-state index is 0.627. The first-order valence-corrected chi connectivity index (χ1v) is 7.95. The third-order valence-corrected chi connectivity index (χ3v) is 4.19. The van der Waals surface area contributed by atoms with Crippen molar-refractivity contribution in [3.05, 3.63) is 36.5 Å². The molecule has 1 fully saturated rings. The van der Waals surface area contributed by atoms with Crippen LogP contribution < -0.4 is 21.3 Å². The average molecular weight is 312 g/mol. The highest BCUT2D eigenvalue weighted by Gasteiger charge is 2.23. The predicted octanol–water partition coefficient (Wildman–Crippen LogP) is 2.30. The van der Waals surface area contributed by atoms with Crippen molar-refractivity contribution in [2.24, 2.45) is 5.92 Å². The molecule has 0 amide bonds. The Morgan fingerprint density at radius 3 is 2.87 bits per heavy atom. The van der Waals surface area contributed by atoms with E-state index in [1.807, 2.05) is 35.3 Å². The zero-order valence-corrected chi connectivity index (χ0v) is 12.8. The number of nitrogens with zero attached hydrogens (tertiary/aromatic N) is 3. The molecular weight excluding hydrogens is 292 g/mol. The van der Waals surface area contributed by atoms with Crippen LogP contribution in [0.3, 0.4) is 0 Å². The first-order valence-electron chi connectivity index (χ1n) is 7.95. The molecule has 120 valence electrons. The van der Waals surface area contributed by atoms with E-state index in [1.54, 1.807) is 6.20 Å². The van der Waals surface area contributed by atoms with Gasteiger partial charge in [-0.2, -0.15) is 4.98 Å². The van der Waals surface area contributed by atoms with Gasteiger partial charge in [0.15, 0.2) is 5.82 Å². The summed E-state index contributed by atoms with van der Waals surface area (Å²) >= 11 is 0. The smallest absolute Gasteiger partial charge is 0.224 e. The van der Waals surface area contributed by atoms with Gasteiger partial charge in [0.05, 0.1) is 11.9 Å². The van der Waals surface area contributed by atoms with E-state index in [9.17, 15) is 0 Å². The minimum Gasteiger partial charge on any atom is -0.381 e. The van der Waals surface area contributed by atoms with Crippen molar-refractivity contribution in [1.29, 1.82) is 0 Å². The van der Waals surface area contributed by atoms with Crippen LogP contribution in [-0.4, -0.2) is 29.7 Å². The summed E-state index contributed by atoms with van der Waals surface area (Å²) in [5.41, 5.74) is 8.08. The molecule has 1 aromatic carbocycles. The van der Waals surface area contributed by atoms with Gasteiger partial charge < -0.3 is 10.1 Å². The van der Waals surface area contributed by atoms with E-state index in [0.717, 1.165) is 49.8 Å². The molecule has 0 atom stereocenters. The molecule has 3 heterocycles. The van der Waals surface area contributed by atoms with E-state index >= 15 is 0 Å². The Bertz CT molecular complexity index is 659. The Hall–Kier alpha value is -2.38. The van der Waals surface area contributed by atoms with Crippen LogP contribution in [0.5, 0.6) is 0 Å². The lowest BCUT2D eigenvalue weighted by molar-refractivity contribution is 0.0699. The monoisotopic (exact) mass is 312 g/mol. The Labute approximate surface area is 135 Å². The van der Waals surface area contributed by atoms with Gasteiger partial charge in [0.1, 0.15) is 5.69 Å². The molecule has 0 aliphatic carbocycles. The average Bonchev–Trinajstić information content (AvgIpc) is 3.05. The van der Waals surface area contributed by atoms with E-state index in [4.69, 9.17) is 4.74 Å². The van der Waals surface area contributed by atoms with Crippen LogP contribution in [0.15, 0.2) is 36.5 Å². The molecule has 7 heteroatoms. The molecule has 0 bridgehead atoms. The zero-order valence-electron chi connectivity index (χ0n) is 12.8. The maximum absolute atomic E-state index is 5.39. The highest BCUT2D eigenvalue weighted by atomic mass is 16.5. The minimum absolute atomic E-state index is 0.627. The van der Waals surface area contributed by atoms with Crippen LogP contribution in [-0.2, 0) is 4.74 Å². The lowest BCUT2D eigenvalue weighted by atomic mass is 10.0. The molecule has 0 unspecified atom stereocenters. The summed E-state index contributed by atoms with van der Waals surface area (Å²) < 4.78 is 5.39. The molecule has 0 spiro atoms. The van der Waals surface area contributed by atoms with Crippen molar-refractivity contribution in [2.45, 2.75) is 12.8 Å². The largest absolute Gasteiger partial charge is 0.381 e. The van der Waals surface area contributed by atoms with Gasteiger partial charge in [-0.1, -0.05) is 18.2 Å². The second-order valence-electron chi connectivity index (χ2n) is 5.78. The van der Waals surface area contributed by atoms with Crippen LogP contribution in [0, 0.1) is 5.92 Å². The van der Waals surface area contributed by atoms with Gasteiger partial charge in [0, 0.05) is 19.8 Å². The van der Waals surface area contributed by atoms with Crippen LogP contribution in [0.2, 0.25) is 0 Å². The highest BCUT2D eigenvalue weighted by Crippen LogP contribution is 2.32. The quantitative estimate of drug-likeness (QED) is 0.800. The van der Waals surface area contributed by atoms with E-state index < -0.39 is 0 Å². The van der Waals surface area contributed by atoms with Crippen LogP contribution >= 0.6 is 0 Å². The van der Waals surface area contributed by atoms with Crippen molar-refractivity contribution < 1.29 is 4.74 Å². The SMILES string of the molecule is c1ccc(N2NNc3cnc(NCC4CCOCC4)nc32)cc1. The number of nitrogens with one attached hydrogen (secondary N) is 3. The van der Waals surface area contributed by atoms with E-state index in [0.29, 0.717) is 11.9 Å². The van der Waals surface area contributed by atoms with Gasteiger partial charge >= 0.3 is 0 Å². The van der Waals surface area contributed by atoms with Gasteiger partial charge in [-0.05, 0) is 30.9 Å². The van der Waals surface area contributed by atoms with Gasteiger partial charge in [-0.15, -0.1) is 5.53 Å². The van der Waals surface area contributed by atoms with Crippen molar-refractivity contribution >= 4 is 23.1 Å². The number of aromatic nitrogens is 2. The lowest BCUT2D eigenvalue weighted by Crippen LogP contribution is -2.31. The van der Waals surface area contributed by atoms with E-state index in [1.165, 1.54) is 0 Å². The summed E-state index contributed by atoms with van der Waals surface area (Å²) in [7, 11) is 0. The highest BCUT2D eigenvalue weighted by molar-refractivity contribution is 5.76. The summed E-state index contributed by atoms with van der Waals surface area (Å²) in [6, 6.07) is 10.1. The molecule has 1 aromatic heterocycles. The number of para-hydroxylation sites is 1. The first-order chi connectivity index (χ1) is 11.4. The molecular formula is C16H20N6O. The van der Waals surface area contributed by atoms with Crippen molar-refractivity contribution in [3.8, 4) is 0 Å². The molecule has 23 heavy (non-hydrogen) atoms. The Balaban J connectivity index is 1.49. The lowest BCUT2D eigenvalue weighted by Gasteiger charge is -2.22. The second-order valence-corrected chi connectivity index (χ2v) is 5.78. The normalized spacial score (nSPS) is 17.7. The zero-order chi connectivity index (χ0) is 15.5. The third kappa shape index (κ3) is 3.06. The molecule has 2 aliphatic heterocycles. The summed E-state index contributed by atoms with van der Waals surface area (Å²) in [5, 5.41) is 5.27. The number of fused-ring (bicyclic) bond motifs is 1. The fourth-order valence-electron chi connectivity index (χ4n) is 2.84. The van der Waals surface area contributed by atoms with Gasteiger partial charge in [-0.25, -0.2) is 9.99 Å². The molecule has 0 radical (unpaired) electrons. The fraction of sp³-hybridized carbons (Fsp3) is 0.375. The molecule has 1 saturated heterocycles. The fourth-order valence-corrected chi connectivity index (χ4v) is 2.84. The standard InChI is InChI=1S/C16H20N6O/c1-2-4-13(5-3-1)22-15-14(20-21-22)11-18-16(19-15)17-10-12-6-8-23-9-7-12/h1-5,11-12,20-21H,6-10H2,(H,17,18,19). The van der Waals surface area contributed by atoms with Crippen LogP contribution in [0.25, 0.3) is 0 Å². The number of hydrazine groups is 2. The van der Waals surface area contributed by atoms with Crippen molar-refractivity contribution in [3.63, 3.8) is 0 Å². The van der Waals surface area contributed by atoms with Crippen LogP contribution in [0.4, 0.5) is 23.1 Å². The van der Waals surface area contributed by atoms with E-state index in [2.05, 4.69) is 26.2 Å². The Kier molecular flexibility index (Phi) is 3.95. The number of hydrogen-bond donors (Lipinski definition) is 3. The third-order valence-electron chi connectivity index (χ3n) is 4.19. The number of rotatable bonds is 4. The maximum atomic E-state index is 5.39. The van der Waals surface area contributed by atoms with Gasteiger partial charge in [-0.3, -0.25) is 5.43 Å². The molecule has 7 nitrogen and oxygen atoms in total. The maximum Gasteiger partial charge on any atom is 0.224 e.